The van der Waals surface area contributed by atoms with Crippen LogP contribution in [-0.2, 0) is 26.2 Å². The number of ether oxygens (including phenoxy) is 2. The molecule has 2 amide bonds. The Morgan fingerprint density at radius 1 is 0.976 bits per heavy atom. The molecule has 226 valence electrons. The van der Waals surface area contributed by atoms with E-state index in [-0.39, 0.29) is 28.8 Å². The SMILES string of the molecule is COc1ccc(OC)c(N(CC(=O)N(Cc2cccc(Br)c2)[C@@H](C)C(=O)NC(C)(C)C)S(=O)(=O)c2ccc(C)cc2)c1. The molecule has 42 heavy (non-hydrogen) atoms. The number of carbonyl (C=O) groups excluding carboxylic acids is 2. The fraction of sp³-hybridized carbons (Fsp3) is 0.355. The summed E-state index contributed by atoms with van der Waals surface area (Å²) in [7, 11) is -1.39. The molecule has 0 aromatic heterocycles. The maximum absolute atomic E-state index is 14.2. The lowest BCUT2D eigenvalue weighted by atomic mass is 10.1. The van der Waals surface area contributed by atoms with Gasteiger partial charge >= 0.3 is 0 Å². The van der Waals surface area contributed by atoms with Crippen molar-refractivity contribution in [2.75, 3.05) is 25.1 Å². The summed E-state index contributed by atoms with van der Waals surface area (Å²) in [6, 6.07) is 17.6. The predicted octanol–water partition coefficient (Wildman–Crippen LogP) is 5.30. The van der Waals surface area contributed by atoms with Gasteiger partial charge in [0, 0.05) is 22.6 Å². The molecule has 0 aliphatic carbocycles. The summed E-state index contributed by atoms with van der Waals surface area (Å²) in [6.45, 7) is 8.51. The minimum Gasteiger partial charge on any atom is -0.497 e. The van der Waals surface area contributed by atoms with Crippen LogP contribution in [0.4, 0.5) is 5.69 Å². The van der Waals surface area contributed by atoms with E-state index in [4.69, 9.17) is 9.47 Å². The first-order chi connectivity index (χ1) is 19.7. The number of aryl methyl sites for hydroxylation is 1. The van der Waals surface area contributed by atoms with Crippen molar-refractivity contribution in [3.63, 3.8) is 0 Å². The van der Waals surface area contributed by atoms with Crippen molar-refractivity contribution in [1.29, 1.82) is 0 Å². The highest BCUT2D eigenvalue weighted by atomic mass is 79.9. The Morgan fingerprint density at radius 2 is 1.64 bits per heavy atom. The quantitative estimate of drug-likeness (QED) is 0.299. The van der Waals surface area contributed by atoms with Crippen LogP contribution in [0.5, 0.6) is 11.5 Å². The Labute approximate surface area is 257 Å². The van der Waals surface area contributed by atoms with Crippen LogP contribution >= 0.6 is 15.9 Å². The number of hydrogen-bond donors (Lipinski definition) is 1. The monoisotopic (exact) mass is 659 g/mol. The molecule has 0 unspecified atom stereocenters. The van der Waals surface area contributed by atoms with Crippen LogP contribution in [0.2, 0.25) is 0 Å². The molecule has 0 fully saturated rings. The Bertz CT molecular complexity index is 1520. The van der Waals surface area contributed by atoms with Gasteiger partial charge in [-0.3, -0.25) is 13.9 Å². The van der Waals surface area contributed by atoms with Crippen molar-refractivity contribution < 1.29 is 27.5 Å². The zero-order valence-corrected chi connectivity index (χ0v) is 27.4. The van der Waals surface area contributed by atoms with Gasteiger partial charge in [0.05, 0.1) is 24.8 Å². The maximum atomic E-state index is 14.2. The standard InChI is InChI=1S/C31H38BrN3O6S/c1-21-11-14-26(15-12-21)42(38,39)35(27-18-25(40-6)13-16-28(27)41-7)20-29(36)34(19-23-9-8-10-24(32)17-23)22(2)30(37)33-31(3,4)5/h8-18,22H,19-20H2,1-7H3,(H,33,37)/t22-/m0/s1. The molecule has 0 saturated heterocycles. The van der Waals surface area contributed by atoms with Crippen molar-refractivity contribution in [3.05, 3.63) is 82.3 Å². The van der Waals surface area contributed by atoms with E-state index in [0.29, 0.717) is 5.75 Å². The fourth-order valence-electron chi connectivity index (χ4n) is 4.23. The van der Waals surface area contributed by atoms with E-state index in [1.54, 1.807) is 31.2 Å². The number of rotatable bonds is 11. The van der Waals surface area contributed by atoms with E-state index in [9.17, 15) is 18.0 Å². The van der Waals surface area contributed by atoms with Crippen LogP contribution in [0, 0.1) is 6.92 Å². The van der Waals surface area contributed by atoms with Crippen LogP contribution in [-0.4, -0.2) is 57.5 Å². The van der Waals surface area contributed by atoms with Gasteiger partial charge in [-0.25, -0.2) is 8.42 Å². The first kappa shape index (κ1) is 32.9. The third kappa shape index (κ3) is 8.25. The molecule has 3 aromatic carbocycles. The summed E-state index contributed by atoms with van der Waals surface area (Å²) in [5.41, 5.74) is 1.24. The predicted molar refractivity (Wildman–Crippen MR) is 167 cm³/mol. The average Bonchev–Trinajstić information content (AvgIpc) is 2.93. The summed E-state index contributed by atoms with van der Waals surface area (Å²) in [5.74, 6) is -0.326. The summed E-state index contributed by atoms with van der Waals surface area (Å²) < 4.78 is 41.0. The molecule has 1 atom stereocenters. The lowest BCUT2D eigenvalue weighted by molar-refractivity contribution is -0.140. The zero-order valence-electron chi connectivity index (χ0n) is 25.0. The number of hydrogen-bond acceptors (Lipinski definition) is 6. The van der Waals surface area contributed by atoms with Gasteiger partial charge in [-0.15, -0.1) is 0 Å². The first-order valence-corrected chi connectivity index (χ1v) is 15.6. The van der Waals surface area contributed by atoms with Crippen LogP contribution in [0.15, 0.2) is 76.1 Å². The number of anilines is 1. The van der Waals surface area contributed by atoms with Crippen molar-refractivity contribution in [2.45, 2.75) is 57.6 Å². The molecular formula is C31H38BrN3O6S. The first-order valence-electron chi connectivity index (χ1n) is 13.3. The molecule has 0 aliphatic heterocycles. The van der Waals surface area contributed by atoms with Crippen LogP contribution in [0.3, 0.4) is 0 Å². The number of nitrogens with zero attached hydrogens (tertiary/aromatic N) is 2. The van der Waals surface area contributed by atoms with E-state index >= 15 is 0 Å². The average molecular weight is 661 g/mol. The van der Waals surface area contributed by atoms with E-state index in [1.165, 1.54) is 37.3 Å². The normalized spacial score (nSPS) is 12.3. The minimum atomic E-state index is -4.27. The summed E-state index contributed by atoms with van der Waals surface area (Å²) in [6.07, 6.45) is 0. The van der Waals surface area contributed by atoms with E-state index in [0.717, 1.165) is 19.9 Å². The van der Waals surface area contributed by atoms with E-state index in [2.05, 4.69) is 21.2 Å². The summed E-state index contributed by atoms with van der Waals surface area (Å²) in [5, 5.41) is 2.92. The van der Waals surface area contributed by atoms with Gasteiger partial charge in [0.25, 0.3) is 10.0 Å². The number of halogens is 1. The van der Waals surface area contributed by atoms with Gasteiger partial charge in [-0.2, -0.15) is 0 Å². The van der Waals surface area contributed by atoms with Crippen molar-refractivity contribution in [2.24, 2.45) is 0 Å². The highest BCUT2D eigenvalue weighted by Gasteiger charge is 2.34. The smallest absolute Gasteiger partial charge is 0.264 e. The van der Waals surface area contributed by atoms with E-state index in [1.807, 2.05) is 52.0 Å². The molecule has 9 nitrogen and oxygen atoms in total. The van der Waals surface area contributed by atoms with E-state index < -0.39 is 34.1 Å². The zero-order chi connectivity index (χ0) is 31.2. The largest absolute Gasteiger partial charge is 0.497 e. The lowest BCUT2D eigenvalue weighted by Crippen LogP contribution is -2.54. The van der Waals surface area contributed by atoms with Gasteiger partial charge in [-0.1, -0.05) is 45.8 Å². The second-order valence-corrected chi connectivity index (χ2v) is 13.7. The molecular weight excluding hydrogens is 622 g/mol. The highest BCUT2D eigenvalue weighted by molar-refractivity contribution is 9.10. The summed E-state index contributed by atoms with van der Waals surface area (Å²) >= 11 is 3.46. The Morgan fingerprint density at radius 3 is 2.21 bits per heavy atom. The van der Waals surface area contributed by atoms with Gasteiger partial charge in [0.2, 0.25) is 11.8 Å². The molecule has 0 spiro atoms. The molecule has 0 radical (unpaired) electrons. The number of sulfonamides is 1. The number of methoxy groups -OCH3 is 2. The number of benzene rings is 3. The second kappa shape index (κ2) is 13.6. The molecule has 3 aromatic rings. The number of carbonyl (C=O) groups is 2. The Kier molecular flexibility index (Phi) is 10.7. The number of amides is 2. The topological polar surface area (TPSA) is 105 Å². The lowest BCUT2D eigenvalue weighted by Gasteiger charge is -2.33. The molecule has 0 saturated carbocycles. The molecule has 0 heterocycles. The van der Waals surface area contributed by atoms with Gasteiger partial charge in [0.1, 0.15) is 24.1 Å². The second-order valence-electron chi connectivity index (χ2n) is 10.9. The molecule has 1 N–H and O–H groups in total. The Balaban J connectivity index is 2.13. The molecule has 0 aliphatic rings. The summed E-state index contributed by atoms with van der Waals surface area (Å²) in [4.78, 5) is 28.8. The van der Waals surface area contributed by atoms with Gasteiger partial charge in [0.15, 0.2) is 0 Å². The molecule has 0 bridgehead atoms. The molecule has 3 rings (SSSR count). The third-order valence-corrected chi connectivity index (χ3v) is 8.72. The van der Waals surface area contributed by atoms with Gasteiger partial charge < -0.3 is 19.7 Å². The fourth-order valence-corrected chi connectivity index (χ4v) is 6.09. The van der Waals surface area contributed by atoms with Gasteiger partial charge in [-0.05, 0) is 76.6 Å². The highest BCUT2D eigenvalue weighted by Crippen LogP contribution is 2.36. The van der Waals surface area contributed by atoms with Crippen molar-refractivity contribution >= 4 is 43.5 Å². The minimum absolute atomic E-state index is 0.00263. The van der Waals surface area contributed by atoms with Crippen LogP contribution in [0.25, 0.3) is 0 Å². The number of nitrogens with one attached hydrogen (secondary N) is 1. The Hall–Kier alpha value is -3.57. The molecule has 11 heteroatoms. The van der Waals surface area contributed by atoms with Crippen LogP contribution in [0.1, 0.15) is 38.8 Å². The van der Waals surface area contributed by atoms with Crippen molar-refractivity contribution in [3.8, 4) is 11.5 Å². The van der Waals surface area contributed by atoms with Crippen LogP contribution < -0.4 is 19.1 Å². The third-order valence-electron chi connectivity index (χ3n) is 6.45. The maximum Gasteiger partial charge on any atom is 0.264 e. The van der Waals surface area contributed by atoms with Crippen molar-refractivity contribution in [1.82, 2.24) is 10.2 Å².